The Kier molecular flexibility index (Phi) is 10.6. The van der Waals surface area contributed by atoms with Crippen LogP contribution in [-0.2, 0) is 0 Å². The van der Waals surface area contributed by atoms with E-state index in [0.29, 0.717) is 80.2 Å². The first-order chi connectivity index (χ1) is 28.6. The molecule has 0 bridgehead atoms. The highest BCUT2D eigenvalue weighted by Gasteiger charge is 2.16. The second kappa shape index (κ2) is 16.6. The van der Waals surface area contributed by atoms with Gasteiger partial charge in [0, 0.05) is 33.9 Å². The first kappa shape index (κ1) is 37.9. The minimum atomic E-state index is 0.602. The minimum absolute atomic E-state index is 0.602. The van der Waals surface area contributed by atoms with Crippen LogP contribution >= 0.6 is 0 Å². The second-order valence-electron chi connectivity index (χ2n) is 14.0. The number of ether oxygens (including phenoxy) is 5. The van der Waals surface area contributed by atoms with E-state index in [1.807, 2.05) is 159 Å². The molecule has 9 nitrogen and oxygen atoms in total. The van der Waals surface area contributed by atoms with Gasteiger partial charge in [-0.15, -0.1) is 0 Å². The average molecular weight is 779 g/mol. The van der Waals surface area contributed by atoms with Crippen molar-refractivity contribution in [1.29, 1.82) is 0 Å². The van der Waals surface area contributed by atoms with Crippen molar-refractivity contribution in [2.75, 3.05) is 22.9 Å². The van der Waals surface area contributed by atoms with Gasteiger partial charge in [-0.3, -0.25) is 0 Å². The van der Waals surface area contributed by atoms with Gasteiger partial charge in [-0.05, 0) is 182 Å². The zero-order valence-electron chi connectivity index (χ0n) is 32.5. The van der Waals surface area contributed by atoms with E-state index in [-0.39, 0.29) is 0 Å². The predicted molar refractivity (Wildman–Crippen MR) is 237 cm³/mol. The molecule has 0 aromatic heterocycles. The highest BCUT2D eigenvalue weighted by atomic mass is 16.5. The van der Waals surface area contributed by atoms with Gasteiger partial charge in [0.2, 0.25) is 0 Å². The summed E-state index contributed by atoms with van der Waals surface area (Å²) in [7, 11) is 0. The summed E-state index contributed by atoms with van der Waals surface area (Å²) in [5.41, 5.74) is 31.9. The Morgan fingerprint density at radius 3 is 0.932 bits per heavy atom. The van der Waals surface area contributed by atoms with Gasteiger partial charge in [-0.2, -0.15) is 0 Å². The molecule has 0 aliphatic carbocycles. The normalized spacial score (nSPS) is 10.8. The van der Waals surface area contributed by atoms with Gasteiger partial charge < -0.3 is 46.6 Å². The van der Waals surface area contributed by atoms with Crippen molar-refractivity contribution in [1.82, 2.24) is 0 Å². The molecule has 0 aliphatic heterocycles. The van der Waals surface area contributed by atoms with Crippen LogP contribution in [0.3, 0.4) is 0 Å². The van der Waals surface area contributed by atoms with E-state index in [1.54, 1.807) is 24.3 Å². The van der Waals surface area contributed by atoms with E-state index in [1.165, 1.54) is 0 Å². The molecule has 0 spiro atoms. The maximum absolute atomic E-state index is 6.87. The molecule has 0 heterocycles. The molecule has 0 saturated heterocycles. The van der Waals surface area contributed by atoms with Crippen LogP contribution in [0.5, 0.6) is 57.5 Å². The first-order valence-corrected chi connectivity index (χ1v) is 18.9. The standard InChI is InChI=1S/C50H42N4O5/c1-31-27-41(19-23-47(31)53)57-43-21-25-49(45(29-43)33-3-11-37(12-4-33)55-39-15-7-35(51)8-16-39)59-50-26-22-44(58-42-20-24-48(54)32(2)28-42)30-46(50)34-5-13-38(14-6-34)56-40-17-9-36(52)10-18-40/h3-30H,51-54H2,1-2H3. The quantitative estimate of drug-likeness (QED) is 0.0888. The Hall–Kier alpha value is -8.04. The molecule has 292 valence electrons. The number of benzene rings is 8. The summed E-state index contributed by atoms with van der Waals surface area (Å²) >= 11 is 0. The fraction of sp³-hybridized carbons (Fsp3) is 0.0400. The number of nitrogens with two attached hydrogens (primary N) is 4. The largest absolute Gasteiger partial charge is 0.457 e. The lowest BCUT2D eigenvalue weighted by molar-refractivity contribution is 0.466. The average Bonchev–Trinajstić information content (AvgIpc) is 3.24. The summed E-state index contributed by atoms with van der Waals surface area (Å²) in [5, 5.41) is 0. The molecule has 0 aliphatic rings. The molecule has 59 heavy (non-hydrogen) atoms. The molecule has 8 aromatic rings. The molecule has 0 unspecified atom stereocenters. The Balaban J connectivity index is 1.16. The lowest BCUT2D eigenvalue weighted by Crippen LogP contribution is -1.95. The van der Waals surface area contributed by atoms with Gasteiger partial charge >= 0.3 is 0 Å². The molecule has 8 N–H and O–H groups in total. The Labute approximate surface area is 342 Å². The third kappa shape index (κ3) is 9.17. The molecular weight excluding hydrogens is 737 g/mol. The van der Waals surface area contributed by atoms with Crippen molar-refractivity contribution >= 4 is 22.7 Å². The maximum Gasteiger partial charge on any atom is 0.135 e. The maximum atomic E-state index is 6.87. The Bertz CT molecular complexity index is 2540. The second-order valence-corrected chi connectivity index (χ2v) is 14.0. The SMILES string of the molecule is Cc1cc(Oc2ccc(Oc3ccc(Oc4ccc(N)c(C)c4)cc3-c3ccc(Oc4ccc(N)cc4)cc3)c(-c3ccc(Oc4ccc(N)cc4)cc3)c2)ccc1N. The molecule has 8 rings (SSSR count). The topological polar surface area (TPSA) is 150 Å². The molecule has 0 saturated carbocycles. The lowest BCUT2D eigenvalue weighted by atomic mass is 10.0. The number of anilines is 4. The van der Waals surface area contributed by atoms with Crippen molar-refractivity contribution in [2.24, 2.45) is 0 Å². The molecule has 0 amide bonds. The molecule has 8 aromatic carbocycles. The van der Waals surface area contributed by atoms with Crippen LogP contribution in [0.2, 0.25) is 0 Å². The van der Waals surface area contributed by atoms with Crippen molar-refractivity contribution in [2.45, 2.75) is 13.8 Å². The molecule has 0 radical (unpaired) electrons. The summed E-state index contributed by atoms with van der Waals surface area (Å²) in [6.45, 7) is 3.90. The molecule has 0 atom stereocenters. The van der Waals surface area contributed by atoms with Gasteiger partial charge in [0.15, 0.2) is 0 Å². The number of rotatable bonds is 12. The third-order valence-electron chi connectivity index (χ3n) is 9.64. The summed E-state index contributed by atoms with van der Waals surface area (Å²) < 4.78 is 31.8. The first-order valence-electron chi connectivity index (χ1n) is 18.9. The van der Waals surface area contributed by atoms with E-state index in [2.05, 4.69) is 0 Å². The van der Waals surface area contributed by atoms with Gasteiger partial charge in [0.05, 0.1) is 0 Å². The van der Waals surface area contributed by atoms with E-state index < -0.39 is 0 Å². The number of aryl methyl sites for hydroxylation is 2. The van der Waals surface area contributed by atoms with Gasteiger partial charge in [-0.25, -0.2) is 0 Å². The third-order valence-corrected chi connectivity index (χ3v) is 9.64. The van der Waals surface area contributed by atoms with Crippen LogP contribution in [0, 0.1) is 13.8 Å². The van der Waals surface area contributed by atoms with Crippen molar-refractivity contribution < 1.29 is 23.7 Å². The zero-order valence-corrected chi connectivity index (χ0v) is 32.5. The fourth-order valence-corrected chi connectivity index (χ4v) is 6.34. The molecular formula is C50H42N4O5. The summed E-state index contributed by atoms with van der Waals surface area (Å²) in [4.78, 5) is 0. The van der Waals surface area contributed by atoms with Crippen LogP contribution in [0.1, 0.15) is 11.1 Å². The van der Waals surface area contributed by atoms with Crippen molar-refractivity contribution in [3.63, 3.8) is 0 Å². The van der Waals surface area contributed by atoms with Crippen molar-refractivity contribution in [3.05, 3.63) is 181 Å². The van der Waals surface area contributed by atoms with E-state index in [0.717, 1.165) is 33.4 Å². The molecule has 9 heteroatoms. The van der Waals surface area contributed by atoms with E-state index in [9.17, 15) is 0 Å². The number of hydrogen-bond donors (Lipinski definition) is 4. The molecule has 0 fully saturated rings. The number of nitrogen functional groups attached to an aromatic ring is 4. The van der Waals surface area contributed by atoms with E-state index >= 15 is 0 Å². The Morgan fingerprint density at radius 1 is 0.288 bits per heavy atom. The van der Waals surface area contributed by atoms with Crippen LogP contribution < -0.4 is 46.6 Å². The highest BCUT2D eigenvalue weighted by Crippen LogP contribution is 2.43. The predicted octanol–water partition coefficient (Wildman–Crippen LogP) is 12.9. The van der Waals surface area contributed by atoms with Crippen molar-refractivity contribution in [3.8, 4) is 79.7 Å². The monoisotopic (exact) mass is 778 g/mol. The van der Waals surface area contributed by atoms with Gasteiger partial charge in [0.1, 0.15) is 57.5 Å². The van der Waals surface area contributed by atoms with Gasteiger partial charge in [-0.1, -0.05) is 24.3 Å². The van der Waals surface area contributed by atoms with Crippen LogP contribution in [0.25, 0.3) is 22.3 Å². The Morgan fingerprint density at radius 2 is 0.576 bits per heavy atom. The van der Waals surface area contributed by atoms with E-state index in [4.69, 9.17) is 46.6 Å². The summed E-state index contributed by atoms with van der Waals surface area (Å²) in [5.74, 6) is 6.49. The minimum Gasteiger partial charge on any atom is -0.457 e. The van der Waals surface area contributed by atoms with Crippen LogP contribution in [-0.4, -0.2) is 0 Å². The van der Waals surface area contributed by atoms with Crippen LogP contribution in [0.15, 0.2) is 170 Å². The summed E-state index contributed by atoms with van der Waals surface area (Å²) in [6, 6.07) is 52.8. The smallest absolute Gasteiger partial charge is 0.135 e. The van der Waals surface area contributed by atoms with Gasteiger partial charge in [0.25, 0.3) is 0 Å². The fourth-order valence-electron chi connectivity index (χ4n) is 6.34. The number of hydrogen-bond acceptors (Lipinski definition) is 9. The summed E-state index contributed by atoms with van der Waals surface area (Å²) in [6.07, 6.45) is 0. The lowest BCUT2D eigenvalue weighted by Gasteiger charge is -2.18. The highest BCUT2D eigenvalue weighted by molar-refractivity contribution is 5.77. The van der Waals surface area contributed by atoms with Crippen LogP contribution in [0.4, 0.5) is 22.7 Å². The zero-order chi connectivity index (χ0) is 40.9.